The van der Waals surface area contributed by atoms with Crippen LogP contribution in [0.15, 0.2) is 16.7 Å². The van der Waals surface area contributed by atoms with Gasteiger partial charge in [-0.25, -0.2) is 0 Å². The van der Waals surface area contributed by atoms with Crippen LogP contribution in [0.3, 0.4) is 0 Å². The van der Waals surface area contributed by atoms with E-state index in [1.54, 1.807) is 6.07 Å². The number of rotatable bonds is 5. The van der Waals surface area contributed by atoms with Gasteiger partial charge in [-0.2, -0.15) is 11.8 Å². The van der Waals surface area contributed by atoms with Crippen LogP contribution in [0, 0.1) is 0 Å². The van der Waals surface area contributed by atoms with Crippen LogP contribution < -0.4 is 11.1 Å². The Kier molecular flexibility index (Phi) is 5.08. The number of amides is 2. The normalized spacial score (nSPS) is 17.6. The molecule has 0 bridgehead atoms. The molecule has 2 rings (SSSR count). The molecular weight excluding hydrogens is 278 g/mol. The number of nitrogens with one attached hydrogen (secondary N) is 1. The summed E-state index contributed by atoms with van der Waals surface area (Å²) in [6.07, 6.45) is 1.30. The Morgan fingerprint density at radius 3 is 2.80 bits per heavy atom. The number of hydrogen-bond acceptors (Lipinski definition) is 5. The lowest BCUT2D eigenvalue weighted by Gasteiger charge is -2.30. The molecule has 1 aromatic rings. The molecule has 0 spiro atoms. The van der Waals surface area contributed by atoms with Gasteiger partial charge >= 0.3 is 0 Å². The first-order chi connectivity index (χ1) is 9.58. The number of nitrogens with zero attached hydrogens (tertiary/aromatic N) is 1. The highest BCUT2D eigenvalue weighted by molar-refractivity contribution is 7.99. The van der Waals surface area contributed by atoms with Gasteiger partial charge in [0.2, 0.25) is 5.91 Å². The minimum Gasteiger partial charge on any atom is -0.467 e. The highest BCUT2D eigenvalue weighted by atomic mass is 32.2. The van der Waals surface area contributed by atoms with Crippen LogP contribution in [0.2, 0.25) is 0 Å². The average Bonchev–Trinajstić information content (AvgIpc) is 2.94. The van der Waals surface area contributed by atoms with Crippen LogP contribution in [0.25, 0.3) is 0 Å². The minimum atomic E-state index is -0.537. The van der Waals surface area contributed by atoms with Crippen molar-refractivity contribution in [3.05, 3.63) is 23.7 Å². The fourth-order valence-electron chi connectivity index (χ4n) is 2.06. The molecule has 1 atom stereocenters. The summed E-state index contributed by atoms with van der Waals surface area (Å²) in [7, 11) is 0. The van der Waals surface area contributed by atoms with Crippen molar-refractivity contribution < 1.29 is 14.0 Å². The lowest BCUT2D eigenvalue weighted by Crippen LogP contribution is -2.48. The highest BCUT2D eigenvalue weighted by Gasteiger charge is 2.22. The summed E-state index contributed by atoms with van der Waals surface area (Å²) in [5.74, 6) is 2.09. The Morgan fingerprint density at radius 2 is 2.20 bits per heavy atom. The van der Waals surface area contributed by atoms with E-state index in [0.717, 1.165) is 24.6 Å². The molecule has 6 nitrogen and oxygen atoms in total. The molecule has 3 N–H and O–H groups in total. The predicted octanol–water partition coefficient (Wildman–Crippen LogP) is 0.432. The van der Waals surface area contributed by atoms with Gasteiger partial charge in [-0.05, 0) is 13.0 Å². The molecule has 1 aliphatic heterocycles. The summed E-state index contributed by atoms with van der Waals surface area (Å²) in [6, 6.07) is 1.40. The van der Waals surface area contributed by atoms with E-state index in [1.165, 1.54) is 6.26 Å². The van der Waals surface area contributed by atoms with Crippen molar-refractivity contribution in [3.63, 3.8) is 0 Å². The summed E-state index contributed by atoms with van der Waals surface area (Å²) in [5, 5.41) is 2.81. The van der Waals surface area contributed by atoms with Crippen LogP contribution in [0.4, 0.5) is 0 Å². The topological polar surface area (TPSA) is 88.6 Å². The molecule has 0 aliphatic carbocycles. The summed E-state index contributed by atoms with van der Waals surface area (Å²) in [5.41, 5.74) is 5.45. The first kappa shape index (κ1) is 14.9. The van der Waals surface area contributed by atoms with Gasteiger partial charge < -0.3 is 15.5 Å². The van der Waals surface area contributed by atoms with Crippen molar-refractivity contribution in [3.8, 4) is 0 Å². The maximum Gasteiger partial charge on any atom is 0.251 e. The molecule has 1 aliphatic rings. The predicted molar refractivity (Wildman–Crippen MR) is 77.4 cm³/mol. The van der Waals surface area contributed by atoms with E-state index in [1.807, 2.05) is 18.7 Å². The Hall–Kier alpha value is -1.47. The van der Waals surface area contributed by atoms with E-state index in [4.69, 9.17) is 10.2 Å². The van der Waals surface area contributed by atoms with Gasteiger partial charge in [0.1, 0.15) is 12.0 Å². The lowest BCUT2D eigenvalue weighted by molar-refractivity contribution is -0.126. The van der Waals surface area contributed by atoms with Gasteiger partial charge in [0.25, 0.3) is 5.91 Å². The molecular formula is C13H19N3O3S. The number of primary amides is 1. The molecule has 1 saturated heterocycles. The van der Waals surface area contributed by atoms with Crippen LogP contribution >= 0.6 is 11.8 Å². The van der Waals surface area contributed by atoms with Crippen LogP contribution in [0.5, 0.6) is 0 Å². The zero-order valence-electron chi connectivity index (χ0n) is 11.4. The monoisotopic (exact) mass is 297 g/mol. The molecule has 1 aromatic heterocycles. The second-order valence-corrected chi connectivity index (χ2v) is 5.93. The number of furan rings is 1. The van der Waals surface area contributed by atoms with Gasteiger partial charge in [0, 0.05) is 24.6 Å². The molecule has 0 saturated carbocycles. The summed E-state index contributed by atoms with van der Waals surface area (Å²) in [6.45, 7) is 4.04. The second-order valence-electron chi connectivity index (χ2n) is 4.71. The number of hydrogen-bond donors (Lipinski definition) is 2. The maximum absolute atomic E-state index is 12.1. The fraction of sp³-hybridized carbons (Fsp3) is 0.538. The molecule has 0 aromatic carbocycles. The molecule has 7 heteroatoms. The van der Waals surface area contributed by atoms with Gasteiger partial charge in [-0.3, -0.25) is 14.5 Å². The molecule has 2 heterocycles. The van der Waals surface area contributed by atoms with E-state index in [-0.39, 0.29) is 18.5 Å². The zero-order valence-corrected chi connectivity index (χ0v) is 12.2. The minimum absolute atomic E-state index is 0.0334. The van der Waals surface area contributed by atoms with Crippen molar-refractivity contribution >= 4 is 23.6 Å². The molecule has 1 fully saturated rings. The van der Waals surface area contributed by atoms with Gasteiger partial charge in [0.15, 0.2) is 0 Å². The highest BCUT2D eigenvalue weighted by Crippen LogP contribution is 2.12. The Bertz CT molecular complexity index is 483. The van der Waals surface area contributed by atoms with E-state index >= 15 is 0 Å². The number of carbonyl (C=O) groups excluding carboxylic acids is 2. The third-order valence-electron chi connectivity index (χ3n) is 3.35. The second kappa shape index (κ2) is 6.81. The standard InChI is InChI=1S/C13H19N3O3S/c1-9(16-2-4-20-5-3-16)13(18)15-7-11-6-10(8-19-11)12(14)17/h6,8-9H,2-5,7H2,1H3,(H2,14,17)(H,15,18). The summed E-state index contributed by atoms with van der Waals surface area (Å²) >= 11 is 1.91. The molecule has 0 radical (unpaired) electrons. The summed E-state index contributed by atoms with van der Waals surface area (Å²) in [4.78, 5) is 25.2. The van der Waals surface area contributed by atoms with Crippen molar-refractivity contribution in [2.24, 2.45) is 5.73 Å². The molecule has 20 heavy (non-hydrogen) atoms. The van der Waals surface area contributed by atoms with E-state index in [0.29, 0.717) is 11.3 Å². The van der Waals surface area contributed by atoms with E-state index in [9.17, 15) is 9.59 Å². The summed E-state index contributed by atoms with van der Waals surface area (Å²) < 4.78 is 5.17. The van der Waals surface area contributed by atoms with Crippen molar-refractivity contribution in [2.45, 2.75) is 19.5 Å². The van der Waals surface area contributed by atoms with Crippen LogP contribution in [-0.4, -0.2) is 47.4 Å². The van der Waals surface area contributed by atoms with E-state index < -0.39 is 5.91 Å². The van der Waals surface area contributed by atoms with Crippen molar-refractivity contribution in [1.82, 2.24) is 10.2 Å². The Balaban J connectivity index is 1.82. The fourth-order valence-corrected chi connectivity index (χ4v) is 2.99. The van der Waals surface area contributed by atoms with Gasteiger partial charge in [0.05, 0.1) is 18.2 Å². The van der Waals surface area contributed by atoms with Crippen molar-refractivity contribution in [2.75, 3.05) is 24.6 Å². The van der Waals surface area contributed by atoms with Crippen LogP contribution in [0.1, 0.15) is 23.0 Å². The zero-order chi connectivity index (χ0) is 14.5. The number of nitrogens with two attached hydrogens (primary N) is 1. The third kappa shape index (κ3) is 3.77. The maximum atomic E-state index is 12.1. The largest absolute Gasteiger partial charge is 0.467 e. The number of thioether (sulfide) groups is 1. The number of carbonyl (C=O) groups is 2. The molecule has 110 valence electrons. The van der Waals surface area contributed by atoms with Crippen molar-refractivity contribution in [1.29, 1.82) is 0 Å². The smallest absolute Gasteiger partial charge is 0.251 e. The van der Waals surface area contributed by atoms with Gasteiger partial charge in [-0.15, -0.1) is 0 Å². The Labute approximate surface area is 122 Å². The molecule has 2 amide bonds. The van der Waals surface area contributed by atoms with Crippen LogP contribution in [-0.2, 0) is 11.3 Å². The first-order valence-corrected chi connectivity index (χ1v) is 7.70. The van der Waals surface area contributed by atoms with Gasteiger partial charge in [-0.1, -0.05) is 0 Å². The average molecular weight is 297 g/mol. The quantitative estimate of drug-likeness (QED) is 0.823. The third-order valence-corrected chi connectivity index (χ3v) is 4.29. The SMILES string of the molecule is CC(C(=O)NCc1cc(C(N)=O)co1)N1CCSCC1. The first-order valence-electron chi connectivity index (χ1n) is 6.54. The lowest BCUT2D eigenvalue weighted by atomic mass is 10.2. The van der Waals surface area contributed by atoms with E-state index in [2.05, 4.69) is 10.2 Å². The molecule has 1 unspecified atom stereocenters. The Morgan fingerprint density at radius 1 is 1.50 bits per heavy atom.